The van der Waals surface area contributed by atoms with Gasteiger partial charge in [0.15, 0.2) is 11.5 Å². The molecule has 4 nitrogen and oxygen atoms in total. The molecule has 0 unspecified atom stereocenters. The van der Waals surface area contributed by atoms with Gasteiger partial charge in [-0.1, -0.05) is 32.1 Å². The van der Waals surface area contributed by atoms with Gasteiger partial charge in [0.05, 0.1) is 11.2 Å². The fraction of sp³-hybridized carbons (Fsp3) is 0.500. The Hall–Kier alpha value is -1.97. The van der Waals surface area contributed by atoms with E-state index in [4.69, 9.17) is 8.85 Å². The van der Waals surface area contributed by atoms with Gasteiger partial charge in [-0.25, -0.2) is 0 Å². The highest BCUT2D eigenvalue weighted by molar-refractivity contribution is 5.75. The maximum atomic E-state index is 11.8. The Morgan fingerprint density at radius 2 is 2.27 bits per heavy atom. The van der Waals surface area contributed by atoms with E-state index in [1.165, 1.54) is 12.1 Å². The minimum atomic E-state index is -2.64. The van der Waals surface area contributed by atoms with Crippen molar-refractivity contribution in [1.29, 1.82) is 0 Å². The maximum absolute atomic E-state index is 11.8. The van der Waals surface area contributed by atoms with Crippen molar-refractivity contribution >= 4 is 5.91 Å². The third-order valence-corrected chi connectivity index (χ3v) is 3.17. The van der Waals surface area contributed by atoms with E-state index in [9.17, 15) is 9.90 Å². The quantitative estimate of drug-likeness (QED) is 0.539. The van der Waals surface area contributed by atoms with E-state index in [1.807, 2.05) is 0 Å². The summed E-state index contributed by atoms with van der Waals surface area (Å²) in [4.78, 5) is 11.8. The van der Waals surface area contributed by atoms with Crippen molar-refractivity contribution in [3.05, 3.63) is 35.9 Å². The van der Waals surface area contributed by atoms with Gasteiger partial charge in [-0.2, -0.15) is 0 Å². The number of amides is 1. The molecule has 0 aliphatic carbocycles. The SMILES string of the molecule is [2H]C([2H])([2H])Oc1cc(CNC(=O)CCCC/C=C\C(C)C)ccc1O. The third kappa shape index (κ3) is 7.16. The molecule has 1 amide bonds. The van der Waals surface area contributed by atoms with Gasteiger partial charge >= 0.3 is 0 Å². The van der Waals surface area contributed by atoms with Crippen LogP contribution in [0.1, 0.15) is 49.2 Å². The van der Waals surface area contributed by atoms with Crippen LogP contribution in [0.3, 0.4) is 0 Å². The molecule has 1 rings (SSSR count). The highest BCUT2D eigenvalue weighted by atomic mass is 16.5. The summed E-state index contributed by atoms with van der Waals surface area (Å²) in [5.41, 5.74) is 0.658. The number of allylic oxidation sites excluding steroid dienone is 2. The number of phenols is 1. The summed E-state index contributed by atoms with van der Waals surface area (Å²) in [7, 11) is -2.64. The number of carbonyl (C=O) groups is 1. The largest absolute Gasteiger partial charge is 0.504 e. The van der Waals surface area contributed by atoms with E-state index in [0.29, 0.717) is 17.9 Å². The third-order valence-electron chi connectivity index (χ3n) is 3.17. The molecule has 0 saturated heterocycles. The molecule has 1 aromatic carbocycles. The Balaban J connectivity index is 2.37. The number of aromatic hydroxyl groups is 1. The molecule has 0 aliphatic rings. The minimum absolute atomic E-state index is 0.0563. The van der Waals surface area contributed by atoms with Gasteiger partial charge in [-0.3, -0.25) is 4.79 Å². The number of unbranched alkanes of at least 4 members (excludes halogenated alkanes) is 2. The van der Waals surface area contributed by atoms with Crippen LogP contribution in [0.15, 0.2) is 30.4 Å². The van der Waals surface area contributed by atoms with Crippen LogP contribution >= 0.6 is 0 Å². The topological polar surface area (TPSA) is 58.6 Å². The van der Waals surface area contributed by atoms with Crippen LogP contribution in [0, 0.1) is 5.92 Å². The average Bonchev–Trinajstić information content (AvgIpc) is 2.50. The number of hydrogen-bond donors (Lipinski definition) is 2. The number of rotatable bonds is 9. The second kappa shape index (κ2) is 9.87. The lowest BCUT2D eigenvalue weighted by atomic mass is 10.1. The summed E-state index contributed by atoms with van der Waals surface area (Å²) in [6, 6.07) is 4.38. The van der Waals surface area contributed by atoms with Crippen LogP contribution < -0.4 is 10.1 Å². The zero-order valence-electron chi connectivity index (χ0n) is 16.3. The smallest absolute Gasteiger partial charge is 0.220 e. The predicted molar refractivity (Wildman–Crippen MR) is 89.0 cm³/mol. The highest BCUT2D eigenvalue weighted by Gasteiger charge is 2.04. The number of hydrogen-bond acceptors (Lipinski definition) is 3. The van der Waals surface area contributed by atoms with Gasteiger partial charge in [-0.15, -0.1) is 0 Å². The molecule has 0 radical (unpaired) electrons. The van der Waals surface area contributed by atoms with Crippen LogP contribution in [0.5, 0.6) is 11.5 Å². The summed E-state index contributed by atoms with van der Waals surface area (Å²) in [5.74, 6) is 0.122. The van der Waals surface area contributed by atoms with E-state index < -0.39 is 7.04 Å². The Kier molecular flexibility index (Phi) is 6.14. The first kappa shape index (κ1) is 13.7. The van der Waals surface area contributed by atoms with Gasteiger partial charge in [0.25, 0.3) is 0 Å². The summed E-state index contributed by atoms with van der Waals surface area (Å²) in [6.07, 6.45) is 7.50. The highest BCUT2D eigenvalue weighted by Crippen LogP contribution is 2.26. The van der Waals surface area contributed by atoms with Gasteiger partial charge in [0.1, 0.15) is 0 Å². The van der Waals surface area contributed by atoms with Crippen LogP contribution in [0.4, 0.5) is 0 Å². The van der Waals surface area contributed by atoms with Crippen molar-refractivity contribution in [3.63, 3.8) is 0 Å². The van der Waals surface area contributed by atoms with Crippen molar-refractivity contribution in [2.24, 2.45) is 5.92 Å². The molecule has 122 valence electrons. The summed E-state index contributed by atoms with van der Waals surface area (Å²) < 4.78 is 26.0. The molecule has 0 atom stereocenters. The number of nitrogens with one attached hydrogen (secondary N) is 1. The first-order valence-corrected chi connectivity index (χ1v) is 7.61. The standard InChI is InChI=1S/C18H27NO3/c1-14(2)8-6-4-5-7-9-18(21)19-13-15-10-11-16(20)17(12-15)22-3/h6,8,10-12,14,20H,4-5,7,9,13H2,1-3H3,(H,19,21)/b8-6-/i3D3. The van der Waals surface area contributed by atoms with E-state index in [-0.39, 0.29) is 24.0 Å². The molecule has 1 aromatic rings. The zero-order chi connectivity index (χ0) is 18.9. The first-order valence-electron chi connectivity index (χ1n) is 9.11. The van der Waals surface area contributed by atoms with Gasteiger partial charge < -0.3 is 15.2 Å². The molecule has 0 bridgehead atoms. The first-order chi connectivity index (χ1) is 11.7. The second-order valence-electron chi connectivity index (χ2n) is 5.60. The molecule has 2 N–H and O–H groups in total. The number of methoxy groups -OCH3 is 1. The average molecular weight is 308 g/mol. The molecular weight excluding hydrogens is 278 g/mol. The van der Waals surface area contributed by atoms with E-state index in [0.717, 1.165) is 19.3 Å². The normalized spacial score (nSPS) is 13.7. The van der Waals surface area contributed by atoms with Crippen molar-refractivity contribution in [2.75, 3.05) is 7.04 Å². The van der Waals surface area contributed by atoms with E-state index >= 15 is 0 Å². The van der Waals surface area contributed by atoms with Gasteiger partial charge in [0, 0.05) is 13.0 Å². The second-order valence-corrected chi connectivity index (χ2v) is 5.60. The molecule has 22 heavy (non-hydrogen) atoms. The predicted octanol–water partition coefficient (Wildman–Crippen LogP) is 3.79. The molecule has 0 spiro atoms. The Labute approximate surface area is 137 Å². The summed E-state index contributed by atoms with van der Waals surface area (Å²) in [5, 5.41) is 12.4. The number of carbonyl (C=O) groups excluding carboxylic acids is 1. The fourth-order valence-corrected chi connectivity index (χ4v) is 1.96. The van der Waals surface area contributed by atoms with Crippen molar-refractivity contribution in [3.8, 4) is 11.5 Å². The molecule has 0 aromatic heterocycles. The van der Waals surface area contributed by atoms with E-state index in [2.05, 4.69) is 31.3 Å². The number of ether oxygens (including phenoxy) is 1. The fourth-order valence-electron chi connectivity index (χ4n) is 1.96. The zero-order valence-corrected chi connectivity index (χ0v) is 13.3. The number of phenolic OH excluding ortho intramolecular Hbond substituents is 1. The van der Waals surface area contributed by atoms with Crippen LogP contribution in [0.25, 0.3) is 0 Å². The summed E-state index contributed by atoms with van der Waals surface area (Å²) in [6.45, 7) is 4.51. The number of benzene rings is 1. The van der Waals surface area contributed by atoms with E-state index in [1.54, 1.807) is 6.07 Å². The lowest BCUT2D eigenvalue weighted by Gasteiger charge is -2.08. The van der Waals surface area contributed by atoms with Crippen LogP contribution in [0.2, 0.25) is 0 Å². The van der Waals surface area contributed by atoms with Crippen molar-refractivity contribution < 1.29 is 18.8 Å². The Morgan fingerprint density at radius 3 is 3.00 bits per heavy atom. The maximum Gasteiger partial charge on any atom is 0.220 e. The van der Waals surface area contributed by atoms with Gasteiger partial charge in [-0.05, 0) is 42.9 Å². The molecule has 4 heteroatoms. The molecule has 0 aliphatic heterocycles. The van der Waals surface area contributed by atoms with Crippen LogP contribution in [-0.4, -0.2) is 18.1 Å². The van der Waals surface area contributed by atoms with Gasteiger partial charge in [0.2, 0.25) is 5.91 Å². The van der Waals surface area contributed by atoms with Crippen LogP contribution in [-0.2, 0) is 11.3 Å². The minimum Gasteiger partial charge on any atom is -0.504 e. The van der Waals surface area contributed by atoms with Crippen molar-refractivity contribution in [1.82, 2.24) is 5.32 Å². The monoisotopic (exact) mass is 308 g/mol. The molecule has 0 heterocycles. The lowest BCUT2D eigenvalue weighted by Crippen LogP contribution is -2.22. The Morgan fingerprint density at radius 1 is 1.45 bits per heavy atom. The summed E-state index contributed by atoms with van der Waals surface area (Å²) >= 11 is 0. The Bertz CT molecular complexity index is 583. The van der Waals surface area contributed by atoms with Crippen molar-refractivity contribution in [2.45, 2.75) is 46.1 Å². The lowest BCUT2D eigenvalue weighted by molar-refractivity contribution is -0.121. The molecule has 0 fully saturated rings. The molecular formula is C18H27NO3. The molecule has 0 saturated carbocycles.